The summed E-state index contributed by atoms with van der Waals surface area (Å²) >= 11 is 0. The number of rotatable bonds is 2. The molecule has 0 heterocycles. The van der Waals surface area contributed by atoms with Crippen LogP contribution in [0.2, 0.25) is 0 Å². The van der Waals surface area contributed by atoms with Crippen LogP contribution >= 0.6 is 0 Å². The van der Waals surface area contributed by atoms with Crippen molar-refractivity contribution < 1.29 is 20.4 Å². The molecule has 24 heavy (non-hydrogen) atoms. The SMILES string of the molecule is CC(C)([O-])C(C)(C)[O-].CC(C)([O-])C(C)(C)[O-].N=C1C=C[CH+]C=C1.[As+3]. The first-order chi connectivity index (χ1) is 9.89. The van der Waals surface area contributed by atoms with Crippen LogP contribution in [0.1, 0.15) is 55.4 Å². The molecule has 1 aliphatic rings. The van der Waals surface area contributed by atoms with E-state index in [1.165, 1.54) is 55.4 Å². The Bertz CT molecular complexity index is 354. The van der Waals surface area contributed by atoms with E-state index >= 15 is 0 Å². The topological polar surface area (TPSA) is 116 Å². The van der Waals surface area contributed by atoms with Gasteiger partial charge in [0, 0.05) is 6.42 Å². The summed E-state index contributed by atoms with van der Waals surface area (Å²) in [6.45, 7) is 11.2. The van der Waals surface area contributed by atoms with Gasteiger partial charge >= 0.3 is 18.0 Å². The maximum Gasteiger partial charge on any atom is 3.00 e. The normalized spacial score (nSPS) is 14.4. The molecule has 0 fully saturated rings. The maximum atomic E-state index is 10.8. The summed E-state index contributed by atoms with van der Waals surface area (Å²) in [6.07, 6.45) is 9.10. The van der Waals surface area contributed by atoms with Crippen molar-refractivity contribution in [3.63, 3.8) is 0 Å². The molecule has 0 saturated heterocycles. The Morgan fingerprint density at radius 3 is 0.958 bits per heavy atom. The summed E-state index contributed by atoms with van der Waals surface area (Å²) in [6, 6.07) is 0. The minimum atomic E-state index is -1.37. The number of nitrogens with one attached hydrogen (secondary N) is 1. The van der Waals surface area contributed by atoms with Crippen molar-refractivity contribution in [2.45, 2.75) is 77.8 Å². The van der Waals surface area contributed by atoms with E-state index in [0.717, 1.165) is 0 Å². The van der Waals surface area contributed by atoms with Gasteiger partial charge in [-0.1, -0.05) is 55.4 Å². The fourth-order valence-corrected chi connectivity index (χ4v) is 0.438. The van der Waals surface area contributed by atoms with Crippen molar-refractivity contribution in [1.29, 1.82) is 5.41 Å². The van der Waals surface area contributed by atoms with Gasteiger partial charge in [-0.3, -0.25) is 5.41 Å². The molecule has 0 saturated carbocycles. The molecule has 0 atom stereocenters. The van der Waals surface area contributed by atoms with Gasteiger partial charge in [0.15, 0.2) is 5.71 Å². The molecule has 0 aromatic heterocycles. The fraction of sp³-hybridized carbons (Fsp3) is 0.667. The molecule has 1 aliphatic carbocycles. The van der Waals surface area contributed by atoms with Crippen LogP contribution in [0.4, 0.5) is 0 Å². The van der Waals surface area contributed by atoms with E-state index in [9.17, 15) is 20.4 Å². The van der Waals surface area contributed by atoms with Gasteiger partial charge < -0.3 is 20.4 Å². The van der Waals surface area contributed by atoms with Gasteiger partial charge in [-0.25, -0.2) is 0 Å². The average molecular weight is 399 g/mol. The minimum Gasteiger partial charge on any atom is -0.850 e. The summed E-state index contributed by atoms with van der Waals surface area (Å²) in [5, 5.41) is 50.2. The third kappa shape index (κ3) is 13.8. The summed E-state index contributed by atoms with van der Waals surface area (Å²) in [7, 11) is 0. The zero-order valence-electron chi connectivity index (χ0n) is 16.0. The Balaban J connectivity index is -0.000000270. The van der Waals surface area contributed by atoms with Crippen LogP contribution in [0.15, 0.2) is 24.3 Å². The first-order valence-electron chi connectivity index (χ1n) is 7.48. The van der Waals surface area contributed by atoms with Crippen LogP contribution < -0.4 is 20.4 Å². The average Bonchev–Trinajstić information content (AvgIpc) is 2.25. The molecule has 0 aromatic rings. The number of allylic oxidation sites excluding steroid dienone is 4. The molecule has 0 bridgehead atoms. The molecule has 1 N–H and O–H groups in total. The van der Waals surface area contributed by atoms with Gasteiger partial charge in [-0.05, 0) is 0 Å². The second-order valence-corrected chi connectivity index (χ2v) is 7.41. The summed E-state index contributed by atoms with van der Waals surface area (Å²) < 4.78 is 0. The monoisotopic (exact) mass is 399 g/mol. The first kappa shape index (κ1) is 28.2. The van der Waals surface area contributed by atoms with E-state index in [4.69, 9.17) is 5.41 Å². The van der Waals surface area contributed by atoms with Gasteiger partial charge in [0.2, 0.25) is 0 Å². The fourth-order valence-electron chi connectivity index (χ4n) is 0.438. The Kier molecular flexibility index (Phi) is 12.3. The Labute approximate surface area is 158 Å². The van der Waals surface area contributed by atoms with Gasteiger partial charge in [0.25, 0.3) is 0 Å². The zero-order chi connectivity index (χ0) is 19.1. The zero-order valence-corrected chi connectivity index (χ0v) is 17.8. The van der Waals surface area contributed by atoms with Crippen molar-refractivity contribution >= 4 is 23.7 Å². The third-order valence-corrected chi connectivity index (χ3v) is 3.67. The van der Waals surface area contributed by atoms with Crippen molar-refractivity contribution in [2.75, 3.05) is 0 Å². The van der Waals surface area contributed by atoms with E-state index in [-0.39, 0.29) is 18.0 Å². The smallest absolute Gasteiger partial charge is 0.850 e. The third-order valence-electron chi connectivity index (χ3n) is 3.67. The molecular weight excluding hydrogens is 369 g/mol. The molecule has 0 aromatic carbocycles. The number of hydrogen-bond acceptors (Lipinski definition) is 5. The number of hydrogen-bond donors (Lipinski definition) is 1. The van der Waals surface area contributed by atoms with Crippen LogP contribution in [-0.4, -0.2) is 46.1 Å². The molecule has 0 aliphatic heterocycles. The van der Waals surface area contributed by atoms with E-state index in [2.05, 4.69) is 0 Å². The Morgan fingerprint density at radius 1 is 0.667 bits per heavy atom. The van der Waals surface area contributed by atoms with Gasteiger partial charge in [0.05, 0.1) is 24.3 Å². The van der Waals surface area contributed by atoms with Crippen LogP contribution in [0, 0.1) is 11.8 Å². The molecular formula is C18H30AsNO4. The molecule has 5 nitrogen and oxygen atoms in total. The molecule has 0 spiro atoms. The van der Waals surface area contributed by atoms with Gasteiger partial charge in [0.1, 0.15) is 0 Å². The second kappa shape index (κ2) is 10.4. The molecule has 0 unspecified atom stereocenters. The largest absolute Gasteiger partial charge is 3.00 e. The standard InChI is InChI=1S/C6H6N.2C6H12O2.As/c7-6-4-2-1-3-5-6;2*1-5(2,7)6(3,4)8;/h1-5,7H;2*1-4H3;/q+1;2*-2;+3. The van der Waals surface area contributed by atoms with E-state index in [1.807, 2.05) is 18.6 Å². The molecule has 2 radical (unpaired) electrons. The second-order valence-electron chi connectivity index (χ2n) is 7.41. The predicted molar refractivity (Wildman–Crippen MR) is 92.4 cm³/mol. The van der Waals surface area contributed by atoms with Crippen LogP contribution in [0.5, 0.6) is 0 Å². The quantitative estimate of drug-likeness (QED) is 0.497. The van der Waals surface area contributed by atoms with Crippen LogP contribution in [0.3, 0.4) is 0 Å². The first-order valence-corrected chi connectivity index (χ1v) is 7.48. The van der Waals surface area contributed by atoms with E-state index in [0.29, 0.717) is 5.71 Å². The van der Waals surface area contributed by atoms with Gasteiger partial charge in [-0.2, -0.15) is 0 Å². The molecule has 1 rings (SSSR count). The Hall–Kier alpha value is -0.582. The Morgan fingerprint density at radius 2 is 0.875 bits per heavy atom. The summed E-state index contributed by atoms with van der Waals surface area (Å²) in [5.74, 6) is 0. The van der Waals surface area contributed by atoms with E-state index < -0.39 is 22.4 Å². The van der Waals surface area contributed by atoms with Crippen LogP contribution in [0.25, 0.3) is 0 Å². The van der Waals surface area contributed by atoms with Crippen molar-refractivity contribution in [1.82, 2.24) is 0 Å². The van der Waals surface area contributed by atoms with Gasteiger partial charge in [-0.15, -0.1) is 22.4 Å². The molecule has 136 valence electrons. The summed E-state index contributed by atoms with van der Waals surface area (Å²) in [5.41, 5.74) is -4.90. The van der Waals surface area contributed by atoms with Crippen molar-refractivity contribution in [3.05, 3.63) is 30.7 Å². The van der Waals surface area contributed by atoms with E-state index in [1.54, 1.807) is 12.2 Å². The van der Waals surface area contributed by atoms with Crippen molar-refractivity contribution in [3.8, 4) is 0 Å². The predicted octanol–water partition coefficient (Wildman–Crippen LogP) is -0.516. The summed E-state index contributed by atoms with van der Waals surface area (Å²) in [4.78, 5) is 0. The minimum absolute atomic E-state index is 0. The maximum absolute atomic E-state index is 10.8. The van der Waals surface area contributed by atoms with Crippen LogP contribution in [-0.2, 0) is 0 Å². The van der Waals surface area contributed by atoms with Crippen molar-refractivity contribution in [2.24, 2.45) is 0 Å². The molecule has 0 amide bonds. The molecule has 6 heteroatoms.